The van der Waals surface area contributed by atoms with Gasteiger partial charge < -0.3 is 7.58 Å². The third-order valence-electron chi connectivity index (χ3n) is 1.60. The highest BCUT2D eigenvalue weighted by atomic mass is 27.2. The summed E-state index contributed by atoms with van der Waals surface area (Å²) in [6, 6.07) is 10.1. The van der Waals surface area contributed by atoms with Crippen LogP contribution in [0.2, 0.25) is 0 Å². The molecule has 0 saturated carbocycles. The summed E-state index contributed by atoms with van der Waals surface area (Å²) in [6.07, 6.45) is 0. The molecule has 0 N–H and O–H groups in total. The van der Waals surface area contributed by atoms with Gasteiger partial charge in [-0.2, -0.15) is 0 Å². The molecule has 1 aromatic rings. The Labute approximate surface area is 78.2 Å². The van der Waals surface area contributed by atoms with Crippen LogP contribution in [0.3, 0.4) is 0 Å². The third kappa shape index (κ3) is 2.62. The molecule has 0 unspecified atom stereocenters. The Bertz CT molecular complexity index is 213. The molecule has 0 saturated heterocycles. The van der Waals surface area contributed by atoms with Crippen molar-refractivity contribution < 1.29 is 7.58 Å². The first kappa shape index (κ1) is 9.76. The first-order chi connectivity index (χ1) is 5.88. The number of hydrogen-bond donors (Lipinski definition) is 0. The molecule has 64 valence electrons. The van der Waals surface area contributed by atoms with E-state index in [1.807, 2.05) is 25.1 Å². The minimum Gasteiger partial charge on any atom is -0.477 e. The van der Waals surface area contributed by atoms with Crippen molar-refractivity contribution in [3.63, 3.8) is 0 Å². The number of rotatable bonds is 4. The SMILES string of the molecule is CC[O][Al]([O]C)[c]1ccccc1. The van der Waals surface area contributed by atoms with Crippen LogP contribution in [0.1, 0.15) is 6.92 Å². The molecule has 1 rings (SSSR count). The maximum absolute atomic E-state index is 5.49. The van der Waals surface area contributed by atoms with Gasteiger partial charge in [0.15, 0.2) is 0 Å². The molecule has 3 heteroatoms. The topological polar surface area (TPSA) is 18.5 Å². The molecule has 0 aromatic heterocycles. The molecule has 2 nitrogen and oxygen atoms in total. The zero-order valence-electron chi connectivity index (χ0n) is 7.49. The van der Waals surface area contributed by atoms with E-state index in [1.165, 1.54) is 4.43 Å². The van der Waals surface area contributed by atoms with E-state index in [1.54, 1.807) is 7.11 Å². The summed E-state index contributed by atoms with van der Waals surface area (Å²) in [5, 5.41) is 0. The van der Waals surface area contributed by atoms with E-state index in [0.717, 1.165) is 6.61 Å². The van der Waals surface area contributed by atoms with Crippen LogP contribution in [0, 0.1) is 0 Å². The van der Waals surface area contributed by atoms with Gasteiger partial charge in [0.2, 0.25) is 0 Å². The van der Waals surface area contributed by atoms with E-state index in [4.69, 9.17) is 7.58 Å². The fourth-order valence-electron chi connectivity index (χ4n) is 1.06. The molecule has 0 amide bonds. The molecule has 0 aliphatic rings. The fraction of sp³-hybridized carbons (Fsp3) is 0.333. The van der Waals surface area contributed by atoms with Gasteiger partial charge in [-0.1, -0.05) is 30.3 Å². The van der Waals surface area contributed by atoms with Crippen LogP contribution in [0.15, 0.2) is 30.3 Å². The monoisotopic (exact) mass is 180 g/mol. The second kappa shape index (κ2) is 5.34. The summed E-state index contributed by atoms with van der Waals surface area (Å²) in [4.78, 5) is 0. The smallest absolute Gasteiger partial charge is 0.477 e. The van der Waals surface area contributed by atoms with Crippen LogP contribution in [-0.4, -0.2) is 28.5 Å². The molecule has 0 spiro atoms. The van der Waals surface area contributed by atoms with Gasteiger partial charge in [0.25, 0.3) is 0 Å². The molecule has 0 fully saturated rings. The Balaban J connectivity index is 2.66. The maximum Gasteiger partial charge on any atom is 0.717 e. The minimum atomic E-state index is -1.57. The Morgan fingerprint density at radius 2 is 1.92 bits per heavy atom. The molecular formula is C9H13AlO2. The highest BCUT2D eigenvalue weighted by Gasteiger charge is 2.25. The van der Waals surface area contributed by atoms with Crippen molar-refractivity contribution in [1.82, 2.24) is 0 Å². The lowest BCUT2D eigenvalue weighted by molar-refractivity contribution is 0.253. The van der Waals surface area contributed by atoms with Gasteiger partial charge in [0.05, 0.1) is 0 Å². The Hall–Kier alpha value is -0.328. The molecule has 12 heavy (non-hydrogen) atoms. The second-order valence-electron chi connectivity index (χ2n) is 2.43. The predicted octanol–water partition coefficient (Wildman–Crippen LogP) is 1.06. The molecule has 0 aliphatic carbocycles. The Morgan fingerprint density at radius 3 is 2.42 bits per heavy atom. The van der Waals surface area contributed by atoms with E-state index >= 15 is 0 Å². The predicted molar refractivity (Wildman–Crippen MR) is 50.5 cm³/mol. The number of benzene rings is 1. The highest BCUT2D eigenvalue weighted by Crippen LogP contribution is 1.91. The quantitative estimate of drug-likeness (QED) is 0.645. The normalized spacial score (nSPS) is 9.83. The second-order valence-corrected chi connectivity index (χ2v) is 4.57. The van der Waals surface area contributed by atoms with Gasteiger partial charge in [-0.05, 0) is 11.3 Å². The van der Waals surface area contributed by atoms with Crippen LogP contribution in [0.25, 0.3) is 0 Å². The summed E-state index contributed by atoms with van der Waals surface area (Å²) in [6.45, 7) is 2.71. The summed E-state index contributed by atoms with van der Waals surface area (Å²) < 4.78 is 12.0. The van der Waals surface area contributed by atoms with Crippen LogP contribution in [0.5, 0.6) is 0 Å². The van der Waals surface area contributed by atoms with E-state index in [9.17, 15) is 0 Å². The van der Waals surface area contributed by atoms with Crippen molar-refractivity contribution in [2.24, 2.45) is 0 Å². The molecule has 0 atom stereocenters. The van der Waals surface area contributed by atoms with Crippen molar-refractivity contribution in [3.05, 3.63) is 30.3 Å². The highest BCUT2D eigenvalue weighted by molar-refractivity contribution is 6.61. The molecule has 0 bridgehead atoms. The third-order valence-corrected chi connectivity index (χ3v) is 3.60. The van der Waals surface area contributed by atoms with E-state index < -0.39 is 14.8 Å². The molecule has 0 heterocycles. The van der Waals surface area contributed by atoms with Crippen molar-refractivity contribution >= 4 is 19.2 Å². The van der Waals surface area contributed by atoms with Gasteiger partial charge in [0.1, 0.15) is 0 Å². The lowest BCUT2D eigenvalue weighted by Gasteiger charge is -2.07. The van der Waals surface area contributed by atoms with E-state index in [2.05, 4.69) is 12.1 Å². The average molecular weight is 180 g/mol. The van der Waals surface area contributed by atoms with Crippen LogP contribution in [-0.2, 0) is 7.58 Å². The summed E-state index contributed by atoms with van der Waals surface area (Å²) >= 11 is -1.57. The van der Waals surface area contributed by atoms with Crippen molar-refractivity contribution in [2.45, 2.75) is 6.92 Å². The summed E-state index contributed by atoms with van der Waals surface area (Å²) in [7, 11) is 1.71. The largest absolute Gasteiger partial charge is 0.717 e. The minimum absolute atomic E-state index is 0.722. The fourth-order valence-corrected chi connectivity index (χ4v) is 2.50. The van der Waals surface area contributed by atoms with Gasteiger partial charge in [0, 0.05) is 13.7 Å². The first-order valence-corrected chi connectivity index (χ1v) is 5.59. The number of hydrogen-bond acceptors (Lipinski definition) is 2. The van der Waals surface area contributed by atoms with E-state index in [-0.39, 0.29) is 0 Å². The van der Waals surface area contributed by atoms with Crippen molar-refractivity contribution in [3.8, 4) is 0 Å². The molecular weight excluding hydrogens is 167 g/mol. The van der Waals surface area contributed by atoms with Gasteiger partial charge >= 0.3 is 14.8 Å². The molecule has 0 aliphatic heterocycles. The molecule has 1 aromatic carbocycles. The maximum atomic E-state index is 5.49. The Morgan fingerprint density at radius 1 is 1.25 bits per heavy atom. The lowest BCUT2D eigenvalue weighted by Crippen LogP contribution is -2.35. The van der Waals surface area contributed by atoms with Crippen molar-refractivity contribution in [2.75, 3.05) is 13.7 Å². The average Bonchev–Trinajstić information content (AvgIpc) is 2.15. The van der Waals surface area contributed by atoms with Crippen molar-refractivity contribution in [1.29, 1.82) is 0 Å². The zero-order valence-corrected chi connectivity index (χ0v) is 8.64. The van der Waals surface area contributed by atoms with Crippen LogP contribution < -0.4 is 4.43 Å². The lowest BCUT2D eigenvalue weighted by atomic mass is 10.4. The van der Waals surface area contributed by atoms with Crippen LogP contribution in [0.4, 0.5) is 0 Å². The van der Waals surface area contributed by atoms with Crippen LogP contribution >= 0.6 is 0 Å². The standard InChI is InChI=1S/C6H5.C2H5O.CH3O.Al/c1-2-4-6-5-3-1;1-2-3;1-2;/h1-5H;2H2,1H3;1H3;/q;2*-1;+2. The van der Waals surface area contributed by atoms with Gasteiger partial charge in [-0.25, -0.2) is 0 Å². The Kier molecular flexibility index (Phi) is 4.34. The van der Waals surface area contributed by atoms with E-state index in [0.29, 0.717) is 0 Å². The zero-order chi connectivity index (χ0) is 8.81. The molecule has 0 radical (unpaired) electrons. The summed E-state index contributed by atoms with van der Waals surface area (Å²) in [5.74, 6) is 0. The van der Waals surface area contributed by atoms with Gasteiger partial charge in [-0.15, -0.1) is 0 Å². The van der Waals surface area contributed by atoms with Gasteiger partial charge in [-0.3, -0.25) is 0 Å². The first-order valence-electron chi connectivity index (χ1n) is 4.07. The summed E-state index contributed by atoms with van der Waals surface area (Å²) in [5.41, 5.74) is 0.